The molecule has 3 unspecified atom stereocenters. The zero-order valence-corrected chi connectivity index (χ0v) is 14.3. The fourth-order valence-electron chi connectivity index (χ4n) is 5.69. The molecule has 0 saturated heterocycles. The third-order valence-electron chi connectivity index (χ3n) is 7.28. The van der Waals surface area contributed by atoms with Gasteiger partial charge >= 0.3 is 0 Å². The minimum absolute atomic E-state index is 0.0430. The molecule has 0 aromatic rings. The Labute approximate surface area is 141 Å². The van der Waals surface area contributed by atoms with Gasteiger partial charge in [0.15, 0.2) is 11.5 Å². The first-order valence-electron chi connectivity index (χ1n) is 8.91. The van der Waals surface area contributed by atoms with E-state index in [4.69, 9.17) is 0 Å². The lowest BCUT2D eigenvalue weighted by Crippen LogP contribution is -2.61. The Balaban J connectivity index is 1.85. The SMILES string of the molecule is CC1(CO)CCC2=C1CC(O)C1(F)[C@H]2CCC2=CC(=O)C=C[C@@]21C. The smallest absolute Gasteiger partial charge is 0.178 e. The van der Waals surface area contributed by atoms with Gasteiger partial charge in [0.05, 0.1) is 12.7 Å². The summed E-state index contributed by atoms with van der Waals surface area (Å²) < 4.78 is 16.5. The molecule has 0 aromatic carbocycles. The first kappa shape index (κ1) is 16.2. The van der Waals surface area contributed by atoms with E-state index in [2.05, 4.69) is 0 Å². The van der Waals surface area contributed by atoms with Crippen molar-refractivity contribution < 1.29 is 19.4 Å². The van der Waals surface area contributed by atoms with Crippen LogP contribution < -0.4 is 0 Å². The van der Waals surface area contributed by atoms with Gasteiger partial charge in [-0.2, -0.15) is 0 Å². The van der Waals surface area contributed by atoms with Crippen LogP contribution in [-0.2, 0) is 4.79 Å². The van der Waals surface area contributed by atoms with Gasteiger partial charge in [0.25, 0.3) is 0 Å². The monoisotopic (exact) mass is 332 g/mol. The molecule has 0 aromatic heterocycles. The van der Waals surface area contributed by atoms with Crippen molar-refractivity contribution in [2.24, 2.45) is 16.7 Å². The maximum Gasteiger partial charge on any atom is 0.178 e. The summed E-state index contributed by atoms with van der Waals surface area (Å²) in [5.41, 5.74) is -0.0479. The van der Waals surface area contributed by atoms with Gasteiger partial charge in [0.1, 0.15) is 0 Å². The predicted octanol–water partition coefficient (Wildman–Crippen LogP) is 3.03. The van der Waals surface area contributed by atoms with Crippen molar-refractivity contribution in [1.29, 1.82) is 0 Å². The summed E-state index contributed by atoms with van der Waals surface area (Å²) in [6.07, 6.45) is 6.76. The molecule has 130 valence electrons. The van der Waals surface area contributed by atoms with Crippen LogP contribution in [0.15, 0.2) is 34.9 Å². The molecule has 2 N–H and O–H groups in total. The first-order valence-corrected chi connectivity index (χ1v) is 8.91. The molecule has 4 aliphatic carbocycles. The second-order valence-electron chi connectivity index (χ2n) is 8.41. The molecule has 3 nitrogen and oxygen atoms in total. The Kier molecular flexibility index (Phi) is 3.30. The molecule has 4 rings (SSSR count). The Hall–Kier alpha value is -1.26. The zero-order valence-electron chi connectivity index (χ0n) is 14.3. The van der Waals surface area contributed by atoms with Crippen LogP contribution in [0.4, 0.5) is 4.39 Å². The van der Waals surface area contributed by atoms with Crippen molar-refractivity contribution in [3.05, 3.63) is 34.9 Å². The van der Waals surface area contributed by atoms with Crippen molar-refractivity contribution in [3.8, 4) is 0 Å². The summed E-state index contributed by atoms with van der Waals surface area (Å²) in [5.74, 6) is -0.423. The number of carbonyl (C=O) groups is 1. The van der Waals surface area contributed by atoms with Gasteiger partial charge in [0, 0.05) is 16.7 Å². The van der Waals surface area contributed by atoms with Gasteiger partial charge in [0.2, 0.25) is 0 Å². The second-order valence-corrected chi connectivity index (χ2v) is 8.41. The molecule has 0 radical (unpaired) electrons. The highest BCUT2D eigenvalue weighted by atomic mass is 19.1. The Morgan fingerprint density at radius 3 is 2.79 bits per heavy atom. The number of allylic oxidation sites excluding steroid dienone is 5. The fourth-order valence-corrected chi connectivity index (χ4v) is 5.69. The quantitative estimate of drug-likeness (QED) is 0.726. The van der Waals surface area contributed by atoms with Crippen LogP contribution >= 0.6 is 0 Å². The maximum atomic E-state index is 16.5. The average Bonchev–Trinajstić information content (AvgIpc) is 2.88. The van der Waals surface area contributed by atoms with E-state index in [0.717, 1.165) is 29.6 Å². The largest absolute Gasteiger partial charge is 0.395 e. The number of aliphatic hydroxyl groups excluding tert-OH is 2. The number of hydrogen-bond acceptors (Lipinski definition) is 3. The van der Waals surface area contributed by atoms with E-state index in [1.165, 1.54) is 6.08 Å². The van der Waals surface area contributed by atoms with E-state index in [-0.39, 0.29) is 30.1 Å². The van der Waals surface area contributed by atoms with Crippen LogP contribution in [0.5, 0.6) is 0 Å². The minimum atomic E-state index is -1.78. The first-order chi connectivity index (χ1) is 11.3. The zero-order chi connectivity index (χ0) is 17.3. The van der Waals surface area contributed by atoms with Crippen LogP contribution in [0.25, 0.3) is 0 Å². The van der Waals surface area contributed by atoms with E-state index < -0.39 is 17.2 Å². The van der Waals surface area contributed by atoms with Crippen LogP contribution in [0.1, 0.15) is 46.0 Å². The summed E-state index contributed by atoms with van der Waals surface area (Å²) in [6.45, 7) is 3.88. The van der Waals surface area contributed by atoms with Crippen LogP contribution in [0.3, 0.4) is 0 Å². The molecular formula is C20H25FO3. The van der Waals surface area contributed by atoms with Crippen molar-refractivity contribution in [2.75, 3.05) is 6.61 Å². The average molecular weight is 332 g/mol. The van der Waals surface area contributed by atoms with Crippen molar-refractivity contribution >= 4 is 5.78 Å². The summed E-state index contributed by atoms with van der Waals surface area (Å²) in [5, 5.41) is 20.7. The lowest BCUT2D eigenvalue weighted by molar-refractivity contribution is -0.119. The number of ketones is 1. The van der Waals surface area contributed by atoms with Crippen LogP contribution in [0, 0.1) is 16.7 Å². The molecule has 4 aliphatic rings. The second kappa shape index (κ2) is 4.89. The van der Waals surface area contributed by atoms with E-state index in [1.807, 2.05) is 13.8 Å². The molecule has 4 heteroatoms. The standard InChI is InChI=1S/C20H25FO3/c1-18(11-22)7-6-14-15-4-3-12-9-13(23)5-8-19(12,2)20(15,21)17(24)10-16(14)18/h5,8-9,15,17,22,24H,3-4,6-7,10-11H2,1-2H3/t15-,17?,18?,19-,20?/m0/s1. The summed E-state index contributed by atoms with van der Waals surface area (Å²) >= 11 is 0. The number of aliphatic hydroxyl groups is 2. The molecule has 1 saturated carbocycles. The van der Waals surface area contributed by atoms with Crippen LogP contribution in [0.2, 0.25) is 0 Å². The Bertz CT molecular complexity index is 706. The number of rotatable bonds is 1. The molecule has 0 heterocycles. The normalized spacial score (nSPS) is 47.2. The Morgan fingerprint density at radius 2 is 2.08 bits per heavy atom. The number of halogens is 1. The molecule has 1 fully saturated rings. The van der Waals surface area contributed by atoms with Crippen molar-refractivity contribution in [2.45, 2.75) is 57.7 Å². The highest BCUT2D eigenvalue weighted by molar-refractivity contribution is 6.01. The van der Waals surface area contributed by atoms with Gasteiger partial charge < -0.3 is 10.2 Å². The van der Waals surface area contributed by atoms with Crippen LogP contribution in [-0.4, -0.2) is 34.4 Å². The van der Waals surface area contributed by atoms with Gasteiger partial charge in [-0.25, -0.2) is 4.39 Å². The minimum Gasteiger partial charge on any atom is -0.395 e. The van der Waals surface area contributed by atoms with Crippen molar-refractivity contribution in [1.82, 2.24) is 0 Å². The molecule has 0 amide bonds. The lowest BCUT2D eigenvalue weighted by Gasteiger charge is -2.56. The van der Waals surface area contributed by atoms with Gasteiger partial charge in [-0.1, -0.05) is 29.7 Å². The molecule has 24 heavy (non-hydrogen) atoms. The number of carbonyl (C=O) groups excluding carboxylic acids is 1. The highest BCUT2D eigenvalue weighted by Crippen LogP contribution is 2.64. The topological polar surface area (TPSA) is 57.5 Å². The summed E-state index contributed by atoms with van der Waals surface area (Å²) in [4.78, 5) is 11.7. The van der Waals surface area contributed by atoms with Gasteiger partial charge in [-0.3, -0.25) is 4.79 Å². The fraction of sp³-hybridized carbons (Fsp3) is 0.650. The number of hydrogen-bond donors (Lipinski definition) is 2. The summed E-state index contributed by atoms with van der Waals surface area (Å²) in [7, 11) is 0. The van der Waals surface area contributed by atoms with E-state index in [9.17, 15) is 15.0 Å². The lowest BCUT2D eigenvalue weighted by atomic mass is 9.50. The van der Waals surface area contributed by atoms with E-state index >= 15 is 4.39 Å². The predicted molar refractivity (Wildman–Crippen MR) is 89.0 cm³/mol. The summed E-state index contributed by atoms with van der Waals surface area (Å²) in [6, 6.07) is 0. The molecule has 5 atom stereocenters. The van der Waals surface area contributed by atoms with E-state index in [1.54, 1.807) is 12.2 Å². The maximum absolute atomic E-state index is 16.5. The van der Waals surface area contributed by atoms with Gasteiger partial charge in [-0.15, -0.1) is 0 Å². The molecular weight excluding hydrogens is 307 g/mol. The van der Waals surface area contributed by atoms with Gasteiger partial charge in [-0.05, 0) is 51.2 Å². The number of alkyl halides is 1. The van der Waals surface area contributed by atoms with E-state index in [0.29, 0.717) is 12.8 Å². The Morgan fingerprint density at radius 1 is 1.33 bits per heavy atom. The molecule has 0 bridgehead atoms. The third-order valence-corrected chi connectivity index (χ3v) is 7.28. The molecule has 0 spiro atoms. The van der Waals surface area contributed by atoms with Crippen molar-refractivity contribution in [3.63, 3.8) is 0 Å². The highest BCUT2D eigenvalue weighted by Gasteiger charge is 2.65. The number of fused-ring (bicyclic) bond motifs is 4. The molecule has 0 aliphatic heterocycles. The third kappa shape index (κ3) is 1.76.